The zero-order valence-electron chi connectivity index (χ0n) is 15.0. The minimum atomic E-state index is -0.0369. The van der Waals surface area contributed by atoms with Crippen LogP contribution in [0.15, 0.2) is 18.2 Å². The van der Waals surface area contributed by atoms with Crippen molar-refractivity contribution < 1.29 is 23.8 Å². The Morgan fingerprint density at radius 2 is 1.80 bits per heavy atom. The number of piperidine rings is 1. The van der Waals surface area contributed by atoms with Crippen LogP contribution in [0, 0.1) is 0 Å². The number of carbonyl (C=O) groups excluding carboxylic acids is 2. The number of amides is 2. The Morgan fingerprint density at radius 1 is 1.12 bits per heavy atom. The smallest absolute Gasteiger partial charge is 0.253 e. The summed E-state index contributed by atoms with van der Waals surface area (Å²) < 4.78 is 15.4. The van der Waals surface area contributed by atoms with E-state index in [-0.39, 0.29) is 17.9 Å². The van der Waals surface area contributed by atoms with Crippen molar-refractivity contribution in [3.05, 3.63) is 23.8 Å². The van der Waals surface area contributed by atoms with Gasteiger partial charge in [-0.1, -0.05) is 0 Å². The van der Waals surface area contributed by atoms with Crippen LogP contribution in [0.2, 0.25) is 0 Å². The van der Waals surface area contributed by atoms with Gasteiger partial charge in [0.15, 0.2) is 11.5 Å². The third kappa shape index (κ3) is 5.09. The van der Waals surface area contributed by atoms with Crippen LogP contribution >= 0.6 is 0 Å². The second-order valence-electron chi connectivity index (χ2n) is 5.95. The molecule has 2 rings (SSSR count). The topological polar surface area (TPSA) is 77.1 Å². The Hall–Kier alpha value is -2.28. The SMILES string of the molecule is COCCC(=O)NC1CCN(C(=O)c2ccc(OC)c(OC)c2)CC1. The van der Waals surface area contributed by atoms with Gasteiger partial charge in [-0.25, -0.2) is 0 Å². The van der Waals surface area contributed by atoms with Crippen LogP contribution in [0.5, 0.6) is 11.5 Å². The number of rotatable bonds is 7. The largest absolute Gasteiger partial charge is 0.493 e. The average Bonchev–Trinajstić information content (AvgIpc) is 2.65. The molecule has 7 heteroatoms. The van der Waals surface area contributed by atoms with Gasteiger partial charge >= 0.3 is 0 Å². The third-order valence-corrected chi connectivity index (χ3v) is 4.31. The van der Waals surface area contributed by atoms with Crippen LogP contribution in [0.3, 0.4) is 0 Å². The van der Waals surface area contributed by atoms with Gasteiger partial charge in [0.2, 0.25) is 5.91 Å². The number of ether oxygens (including phenoxy) is 3. The van der Waals surface area contributed by atoms with Gasteiger partial charge < -0.3 is 24.4 Å². The number of benzene rings is 1. The van der Waals surface area contributed by atoms with E-state index in [1.54, 1.807) is 44.4 Å². The van der Waals surface area contributed by atoms with Gasteiger partial charge in [0.05, 0.1) is 20.8 Å². The van der Waals surface area contributed by atoms with Crippen molar-refractivity contribution in [3.8, 4) is 11.5 Å². The first-order chi connectivity index (χ1) is 12.1. The highest BCUT2D eigenvalue weighted by Crippen LogP contribution is 2.28. The first-order valence-electron chi connectivity index (χ1n) is 8.38. The van der Waals surface area contributed by atoms with Crippen LogP contribution in [0.25, 0.3) is 0 Å². The lowest BCUT2D eigenvalue weighted by molar-refractivity contribution is -0.122. The fourth-order valence-electron chi connectivity index (χ4n) is 2.87. The molecule has 0 atom stereocenters. The standard InChI is InChI=1S/C18H26N2O5/c1-23-11-8-17(21)19-14-6-9-20(10-7-14)18(22)13-4-5-15(24-2)16(12-13)25-3/h4-5,12,14H,6-11H2,1-3H3,(H,19,21). The highest BCUT2D eigenvalue weighted by Gasteiger charge is 2.25. The van der Waals surface area contributed by atoms with Crippen molar-refractivity contribution in [3.63, 3.8) is 0 Å². The van der Waals surface area contributed by atoms with Crippen LogP contribution in [0.1, 0.15) is 29.6 Å². The van der Waals surface area contributed by atoms with Gasteiger partial charge in [0.1, 0.15) is 0 Å². The van der Waals surface area contributed by atoms with Gasteiger partial charge in [0, 0.05) is 38.2 Å². The summed E-state index contributed by atoms with van der Waals surface area (Å²) in [6.07, 6.45) is 1.86. The van der Waals surface area contributed by atoms with Gasteiger partial charge in [-0.05, 0) is 31.0 Å². The molecule has 1 aliphatic rings. The van der Waals surface area contributed by atoms with Gasteiger partial charge in [-0.2, -0.15) is 0 Å². The minimum Gasteiger partial charge on any atom is -0.493 e. The van der Waals surface area contributed by atoms with E-state index < -0.39 is 0 Å². The Labute approximate surface area is 148 Å². The monoisotopic (exact) mass is 350 g/mol. The van der Waals surface area contributed by atoms with E-state index in [4.69, 9.17) is 14.2 Å². The maximum Gasteiger partial charge on any atom is 0.253 e. The van der Waals surface area contributed by atoms with E-state index in [1.165, 1.54) is 0 Å². The Balaban J connectivity index is 1.90. The van der Waals surface area contributed by atoms with Crippen molar-refractivity contribution >= 4 is 11.8 Å². The lowest BCUT2D eigenvalue weighted by Crippen LogP contribution is -2.46. The molecule has 1 N–H and O–H groups in total. The molecule has 138 valence electrons. The molecule has 1 saturated heterocycles. The van der Waals surface area contributed by atoms with Gasteiger partial charge in [-0.3, -0.25) is 9.59 Å². The van der Waals surface area contributed by atoms with Crippen molar-refractivity contribution in [1.82, 2.24) is 10.2 Å². The predicted molar refractivity (Wildman–Crippen MR) is 93.1 cm³/mol. The van der Waals surface area contributed by atoms with E-state index in [0.717, 1.165) is 12.8 Å². The summed E-state index contributed by atoms with van der Waals surface area (Å²) in [6, 6.07) is 5.27. The van der Waals surface area contributed by atoms with Crippen LogP contribution in [0.4, 0.5) is 0 Å². The quantitative estimate of drug-likeness (QED) is 0.806. The molecule has 0 spiro atoms. The number of hydrogen-bond acceptors (Lipinski definition) is 5. The van der Waals surface area contributed by atoms with E-state index in [0.29, 0.717) is 43.2 Å². The lowest BCUT2D eigenvalue weighted by atomic mass is 10.0. The van der Waals surface area contributed by atoms with Crippen molar-refractivity contribution in [2.45, 2.75) is 25.3 Å². The van der Waals surface area contributed by atoms with Crippen LogP contribution in [-0.4, -0.2) is 63.8 Å². The molecule has 1 aromatic rings. The zero-order chi connectivity index (χ0) is 18.2. The fraction of sp³-hybridized carbons (Fsp3) is 0.556. The molecular formula is C18H26N2O5. The number of carbonyl (C=O) groups is 2. The van der Waals surface area contributed by atoms with E-state index in [2.05, 4.69) is 5.32 Å². The molecule has 7 nitrogen and oxygen atoms in total. The molecule has 2 amide bonds. The minimum absolute atomic E-state index is 0.00785. The molecule has 1 aliphatic heterocycles. The van der Waals surface area contributed by atoms with E-state index in [1.807, 2.05) is 0 Å². The number of methoxy groups -OCH3 is 3. The van der Waals surface area contributed by atoms with Crippen LogP contribution in [-0.2, 0) is 9.53 Å². The van der Waals surface area contributed by atoms with Crippen molar-refractivity contribution in [2.24, 2.45) is 0 Å². The van der Waals surface area contributed by atoms with Crippen molar-refractivity contribution in [1.29, 1.82) is 0 Å². The summed E-state index contributed by atoms with van der Waals surface area (Å²) in [5.74, 6) is 1.09. The first kappa shape index (κ1) is 19.1. The summed E-state index contributed by atoms with van der Waals surface area (Å²) >= 11 is 0. The Bertz CT molecular complexity index is 597. The van der Waals surface area contributed by atoms with E-state index in [9.17, 15) is 9.59 Å². The normalized spacial score (nSPS) is 14.9. The molecule has 1 aromatic carbocycles. The zero-order valence-corrected chi connectivity index (χ0v) is 15.0. The predicted octanol–water partition coefficient (Wildman–Crippen LogP) is 1.46. The number of hydrogen-bond donors (Lipinski definition) is 1. The molecule has 0 unspecified atom stereocenters. The van der Waals surface area contributed by atoms with E-state index >= 15 is 0 Å². The second kappa shape index (κ2) is 9.27. The highest BCUT2D eigenvalue weighted by atomic mass is 16.5. The molecule has 0 aliphatic carbocycles. The molecule has 25 heavy (non-hydrogen) atoms. The highest BCUT2D eigenvalue weighted by molar-refractivity contribution is 5.95. The molecular weight excluding hydrogens is 324 g/mol. The second-order valence-corrected chi connectivity index (χ2v) is 5.95. The molecule has 0 radical (unpaired) electrons. The molecule has 1 heterocycles. The number of nitrogens with zero attached hydrogens (tertiary/aromatic N) is 1. The molecule has 1 fully saturated rings. The summed E-state index contributed by atoms with van der Waals surface area (Å²) in [5.41, 5.74) is 0.570. The summed E-state index contributed by atoms with van der Waals surface area (Å²) in [7, 11) is 4.68. The Morgan fingerprint density at radius 3 is 2.40 bits per heavy atom. The first-order valence-corrected chi connectivity index (χ1v) is 8.38. The maximum atomic E-state index is 12.7. The summed E-state index contributed by atoms with van der Waals surface area (Å²) in [5, 5.41) is 2.99. The number of likely N-dealkylation sites (tertiary alicyclic amines) is 1. The maximum absolute atomic E-state index is 12.7. The summed E-state index contributed by atoms with van der Waals surface area (Å²) in [4.78, 5) is 26.2. The van der Waals surface area contributed by atoms with Gasteiger partial charge in [-0.15, -0.1) is 0 Å². The molecule has 0 bridgehead atoms. The molecule has 0 aromatic heterocycles. The molecule has 0 saturated carbocycles. The Kier molecular flexibility index (Phi) is 7.06. The summed E-state index contributed by atoms with van der Waals surface area (Å²) in [6.45, 7) is 1.65. The average molecular weight is 350 g/mol. The van der Waals surface area contributed by atoms with Crippen molar-refractivity contribution in [2.75, 3.05) is 41.0 Å². The lowest BCUT2D eigenvalue weighted by Gasteiger charge is -2.32. The number of nitrogens with one attached hydrogen (secondary N) is 1. The van der Waals surface area contributed by atoms with Crippen LogP contribution < -0.4 is 14.8 Å². The fourth-order valence-corrected chi connectivity index (χ4v) is 2.87. The third-order valence-electron chi connectivity index (χ3n) is 4.31. The van der Waals surface area contributed by atoms with Gasteiger partial charge in [0.25, 0.3) is 5.91 Å².